The molecule has 6 nitrogen and oxygen atoms in total. The number of urea groups is 1. The van der Waals surface area contributed by atoms with E-state index in [0.29, 0.717) is 11.1 Å². The van der Waals surface area contributed by atoms with Gasteiger partial charge in [-0.05, 0) is 25.5 Å². The van der Waals surface area contributed by atoms with Gasteiger partial charge in [-0.2, -0.15) is 0 Å². The van der Waals surface area contributed by atoms with E-state index in [-0.39, 0.29) is 25.6 Å². The first kappa shape index (κ1) is 20.0. The second-order valence-corrected chi connectivity index (χ2v) is 7.10. The molecule has 3 amide bonds. The lowest BCUT2D eigenvalue weighted by Crippen LogP contribution is -2.42. The van der Waals surface area contributed by atoms with E-state index in [4.69, 9.17) is 4.74 Å². The van der Waals surface area contributed by atoms with Crippen LogP contribution in [-0.4, -0.2) is 41.2 Å². The van der Waals surface area contributed by atoms with Crippen LogP contribution in [0.4, 0.5) is 9.18 Å². The van der Waals surface area contributed by atoms with E-state index in [9.17, 15) is 19.1 Å². The monoisotopic (exact) mass is 386 g/mol. The lowest BCUT2D eigenvalue weighted by molar-refractivity contribution is -0.132. The molecule has 0 radical (unpaired) electrons. The molecule has 1 saturated heterocycles. The molecule has 1 aliphatic rings. The molecule has 1 fully saturated rings. The fourth-order valence-corrected chi connectivity index (χ4v) is 3.13. The van der Waals surface area contributed by atoms with Crippen molar-refractivity contribution in [3.8, 4) is 0 Å². The molecule has 2 aromatic rings. The highest BCUT2D eigenvalue weighted by atomic mass is 19.1. The number of aryl methyl sites for hydroxylation is 1. The largest absolute Gasteiger partial charge is 0.389 e. The highest BCUT2D eigenvalue weighted by Crippen LogP contribution is 2.29. The van der Waals surface area contributed by atoms with Crippen LogP contribution in [0.25, 0.3) is 0 Å². The SMILES string of the molecule is Cc1ccc([C@@]2(C)NC(=O)N(C[C@H](O)COCc3ccccc3F)C2=O)cc1. The summed E-state index contributed by atoms with van der Waals surface area (Å²) in [6.07, 6.45) is -1.08. The molecular formula is C21H23FN2O4. The lowest BCUT2D eigenvalue weighted by Gasteiger charge is -2.23. The summed E-state index contributed by atoms with van der Waals surface area (Å²) in [6, 6.07) is 13.0. The number of benzene rings is 2. The Morgan fingerprint density at radius 3 is 2.54 bits per heavy atom. The van der Waals surface area contributed by atoms with Crippen LogP contribution in [-0.2, 0) is 21.7 Å². The van der Waals surface area contributed by atoms with Crippen LogP contribution in [0.1, 0.15) is 23.6 Å². The summed E-state index contributed by atoms with van der Waals surface area (Å²) in [4.78, 5) is 26.1. The van der Waals surface area contributed by atoms with Gasteiger partial charge in [-0.25, -0.2) is 9.18 Å². The van der Waals surface area contributed by atoms with Crippen molar-refractivity contribution in [3.05, 3.63) is 71.0 Å². The minimum Gasteiger partial charge on any atom is -0.389 e. The maximum absolute atomic E-state index is 13.6. The molecule has 0 spiro atoms. The van der Waals surface area contributed by atoms with Crippen molar-refractivity contribution in [2.45, 2.75) is 32.1 Å². The first-order valence-electron chi connectivity index (χ1n) is 9.01. The second-order valence-electron chi connectivity index (χ2n) is 7.10. The van der Waals surface area contributed by atoms with Crippen LogP contribution < -0.4 is 5.32 Å². The number of imide groups is 1. The predicted octanol–water partition coefficient (Wildman–Crippen LogP) is 2.48. The van der Waals surface area contributed by atoms with Crippen LogP contribution >= 0.6 is 0 Å². The van der Waals surface area contributed by atoms with E-state index in [1.54, 1.807) is 37.3 Å². The number of amides is 3. The van der Waals surface area contributed by atoms with Crippen LogP contribution in [0.15, 0.2) is 48.5 Å². The van der Waals surface area contributed by atoms with Crippen molar-refractivity contribution in [1.29, 1.82) is 0 Å². The van der Waals surface area contributed by atoms with Crippen molar-refractivity contribution in [2.24, 2.45) is 0 Å². The average molecular weight is 386 g/mol. The summed E-state index contributed by atoms with van der Waals surface area (Å²) < 4.78 is 18.9. The molecule has 0 unspecified atom stereocenters. The number of nitrogens with one attached hydrogen (secondary N) is 1. The number of halogens is 1. The van der Waals surface area contributed by atoms with E-state index in [1.165, 1.54) is 6.07 Å². The van der Waals surface area contributed by atoms with Crippen molar-refractivity contribution in [2.75, 3.05) is 13.2 Å². The highest BCUT2D eigenvalue weighted by molar-refractivity contribution is 6.07. The standard InChI is InChI=1S/C21H23FN2O4/c1-14-7-9-16(10-8-14)21(2)19(26)24(20(27)23-21)11-17(25)13-28-12-15-5-3-4-6-18(15)22/h3-10,17,25H,11-13H2,1-2H3,(H,23,27)/t17-,21+/m0/s1. The third-order valence-corrected chi connectivity index (χ3v) is 4.82. The summed E-state index contributed by atoms with van der Waals surface area (Å²) in [5.41, 5.74) is 0.905. The average Bonchev–Trinajstić information content (AvgIpc) is 2.88. The van der Waals surface area contributed by atoms with E-state index in [2.05, 4.69) is 5.32 Å². The lowest BCUT2D eigenvalue weighted by atomic mass is 9.91. The molecule has 0 aromatic heterocycles. The van der Waals surface area contributed by atoms with E-state index in [0.717, 1.165) is 10.5 Å². The van der Waals surface area contributed by atoms with Gasteiger partial charge in [0.05, 0.1) is 25.9 Å². The Hall–Kier alpha value is -2.77. The van der Waals surface area contributed by atoms with Crippen LogP contribution in [0.5, 0.6) is 0 Å². The molecule has 0 bridgehead atoms. The quantitative estimate of drug-likeness (QED) is 0.717. The highest BCUT2D eigenvalue weighted by Gasteiger charge is 2.49. The normalized spacial score (nSPS) is 20.4. The second kappa shape index (κ2) is 8.08. The zero-order valence-corrected chi connectivity index (χ0v) is 15.8. The number of aliphatic hydroxyl groups is 1. The Morgan fingerprint density at radius 1 is 1.18 bits per heavy atom. The summed E-state index contributed by atoms with van der Waals surface area (Å²) in [5, 5.41) is 12.9. The molecule has 3 rings (SSSR count). The number of rotatable bonds is 7. The molecule has 1 aliphatic heterocycles. The number of ether oxygens (including phenoxy) is 1. The molecule has 0 saturated carbocycles. The van der Waals surface area contributed by atoms with Gasteiger partial charge in [0.1, 0.15) is 11.4 Å². The number of β-amino-alcohol motifs (C(OH)–C–C–N with tert-alkyl or cyclic N) is 1. The number of hydrogen-bond donors (Lipinski definition) is 2. The number of aliphatic hydroxyl groups excluding tert-OH is 1. The number of hydrogen-bond acceptors (Lipinski definition) is 4. The Kier molecular flexibility index (Phi) is 5.76. The number of nitrogens with zero attached hydrogens (tertiary/aromatic N) is 1. The predicted molar refractivity (Wildman–Crippen MR) is 101 cm³/mol. The van der Waals surface area contributed by atoms with Gasteiger partial charge < -0.3 is 15.2 Å². The molecule has 148 valence electrons. The van der Waals surface area contributed by atoms with E-state index < -0.39 is 23.6 Å². The van der Waals surface area contributed by atoms with Gasteiger partial charge in [-0.1, -0.05) is 48.0 Å². The number of carbonyl (C=O) groups excluding carboxylic acids is 2. The Balaban J connectivity index is 1.59. The zero-order valence-electron chi connectivity index (χ0n) is 15.8. The van der Waals surface area contributed by atoms with Gasteiger partial charge in [0.2, 0.25) is 0 Å². The van der Waals surface area contributed by atoms with Gasteiger partial charge in [0.25, 0.3) is 5.91 Å². The third kappa shape index (κ3) is 4.05. The van der Waals surface area contributed by atoms with Crippen molar-refractivity contribution >= 4 is 11.9 Å². The first-order chi connectivity index (χ1) is 13.3. The van der Waals surface area contributed by atoms with Gasteiger partial charge in [0, 0.05) is 5.56 Å². The minimum absolute atomic E-state index is 0.00897. The smallest absolute Gasteiger partial charge is 0.325 e. The fourth-order valence-electron chi connectivity index (χ4n) is 3.13. The summed E-state index contributed by atoms with van der Waals surface area (Å²) in [7, 11) is 0. The molecule has 1 heterocycles. The molecule has 2 atom stereocenters. The molecular weight excluding hydrogens is 363 g/mol. The first-order valence-corrected chi connectivity index (χ1v) is 9.01. The minimum atomic E-state index is -1.18. The summed E-state index contributed by atoms with van der Waals surface area (Å²) >= 11 is 0. The molecule has 2 N–H and O–H groups in total. The van der Waals surface area contributed by atoms with Gasteiger partial charge in [0.15, 0.2) is 0 Å². The Morgan fingerprint density at radius 2 is 1.86 bits per heavy atom. The zero-order chi connectivity index (χ0) is 20.3. The topological polar surface area (TPSA) is 78.9 Å². The van der Waals surface area contributed by atoms with E-state index >= 15 is 0 Å². The number of carbonyl (C=O) groups is 2. The third-order valence-electron chi connectivity index (χ3n) is 4.82. The molecule has 7 heteroatoms. The molecule has 28 heavy (non-hydrogen) atoms. The Bertz CT molecular complexity index is 871. The fraction of sp³-hybridized carbons (Fsp3) is 0.333. The maximum Gasteiger partial charge on any atom is 0.325 e. The Labute approximate surface area is 162 Å². The summed E-state index contributed by atoms with van der Waals surface area (Å²) in [5.74, 6) is -0.825. The van der Waals surface area contributed by atoms with Crippen molar-refractivity contribution < 1.29 is 23.8 Å². The van der Waals surface area contributed by atoms with Gasteiger partial charge in [-0.15, -0.1) is 0 Å². The van der Waals surface area contributed by atoms with Gasteiger partial charge in [-0.3, -0.25) is 9.69 Å². The summed E-state index contributed by atoms with van der Waals surface area (Å²) in [6.45, 7) is 3.23. The van der Waals surface area contributed by atoms with Crippen molar-refractivity contribution in [1.82, 2.24) is 10.2 Å². The van der Waals surface area contributed by atoms with Crippen LogP contribution in [0.3, 0.4) is 0 Å². The van der Waals surface area contributed by atoms with E-state index in [1.807, 2.05) is 19.1 Å². The van der Waals surface area contributed by atoms with Crippen LogP contribution in [0.2, 0.25) is 0 Å². The van der Waals surface area contributed by atoms with Gasteiger partial charge >= 0.3 is 6.03 Å². The maximum atomic E-state index is 13.6. The molecule has 0 aliphatic carbocycles. The van der Waals surface area contributed by atoms with Crippen LogP contribution in [0, 0.1) is 12.7 Å². The molecule has 2 aromatic carbocycles. The van der Waals surface area contributed by atoms with Crippen molar-refractivity contribution in [3.63, 3.8) is 0 Å².